The summed E-state index contributed by atoms with van der Waals surface area (Å²) in [5, 5.41) is 0. The van der Waals surface area contributed by atoms with Crippen LogP contribution < -0.4 is 18.9 Å². The molecular weight excluding hydrogens is 591 g/mol. The standard InChI is InChI=1S/C44H28N4.Li.H/c1-5-13-29(14-6-1)38-27-37-26-35-22-21-33(45-35)25-34-23-24-36(46-34)28-39-40(30-15-7-2-8-16-30)41(31-17-9-3-10-18-31)44(48-39)42(43(38)47-37)32-19-11-4-12-20-32;;/h1-28H;;/q;+1;-1. The fraction of sp³-hybridized carbons (Fsp3) is 0. The Bertz CT molecular complexity index is 2380. The third kappa shape index (κ3) is 5.79. The first-order valence-corrected chi connectivity index (χ1v) is 16.1. The molecule has 0 saturated carbocycles. The number of nitrogens with zero attached hydrogens (tertiary/aromatic N) is 4. The van der Waals surface area contributed by atoms with Gasteiger partial charge in [-0.25, -0.2) is 20.0 Å². The minimum Gasteiger partial charge on any atom is -1.00 e. The second kappa shape index (κ2) is 12.9. The summed E-state index contributed by atoms with van der Waals surface area (Å²) in [7, 11) is 0. The van der Waals surface area contributed by atoms with Gasteiger partial charge in [0, 0.05) is 22.3 Å². The Hall–Kier alpha value is -5.92. The van der Waals surface area contributed by atoms with Crippen LogP contribution in [0.5, 0.6) is 0 Å². The molecule has 226 valence electrons. The summed E-state index contributed by atoms with van der Waals surface area (Å²) < 4.78 is 0. The smallest absolute Gasteiger partial charge is 1.00 e. The number of allylic oxidation sites excluding steroid dienone is 12. The van der Waals surface area contributed by atoms with Crippen LogP contribution in [0.4, 0.5) is 0 Å². The van der Waals surface area contributed by atoms with E-state index in [4.69, 9.17) is 20.0 Å². The van der Waals surface area contributed by atoms with Crippen LogP contribution in [0.2, 0.25) is 0 Å². The molecule has 49 heavy (non-hydrogen) atoms. The van der Waals surface area contributed by atoms with Gasteiger partial charge in [0.25, 0.3) is 0 Å². The third-order valence-electron chi connectivity index (χ3n) is 8.75. The zero-order valence-electron chi connectivity index (χ0n) is 28.0. The summed E-state index contributed by atoms with van der Waals surface area (Å²) in [6.07, 6.45) is 16.5. The van der Waals surface area contributed by atoms with E-state index in [1.165, 1.54) is 0 Å². The zero-order valence-corrected chi connectivity index (χ0v) is 27.0. The van der Waals surface area contributed by atoms with Crippen molar-refractivity contribution in [3.8, 4) is 0 Å². The molecule has 0 saturated heterocycles. The van der Waals surface area contributed by atoms with E-state index in [-0.39, 0.29) is 20.3 Å². The maximum Gasteiger partial charge on any atom is 1.00 e. The van der Waals surface area contributed by atoms with E-state index in [9.17, 15) is 0 Å². The molecule has 0 spiro atoms. The summed E-state index contributed by atoms with van der Waals surface area (Å²) in [6.45, 7) is 0. The molecule has 0 fully saturated rings. The fourth-order valence-corrected chi connectivity index (χ4v) is 6.63. The van der Waals surface area contributed by atoms with Crippen molar-refractivity contribution in [1.82, 2.24) is 0 Å². The molecule has 0 radical (unpaired) electrons. The van der Waals surface area contributed by atoms with Gasteiger partial charge in [-0.3, -0.25) is 0 Å². The van der Waals surface area contributed by atoms with Gasteiger partial charge < -0.3 is 1.43 Å². The quantitative estimate of drug-likeness (QED) is 0.225. The van der Waals surface area contributed by atoms with Crippen LogP contribution in [-0.2, 0) is 0 Å². The van der Waals surface area contributed by atoms with Crippen molar-refractivity contribution in [3.63, 3.8) is 0 Å². The molecule has 0 N–H and O–H groups in total. The van der Waals surface area contributed by atoms with Gasteiger partial charge in [-0.2, -0.15) is 0 Å². The topological polar surface area (TPSA) is 49.4 Å². The van der Waals surface area contributed by atoms with Gasteiger partial charge in [0.1, 0.15) is 0 Å². The SMILES string of the molecule is C1=CC2=NC1=CC1=NC(=C(c3ccccc3)C3=NC(=CC4=NC(=C2)C=C4)C=C3c2ccccc2)C(c2ccccc2)=C1c1ccccc1.[H-].[Li+]. The maximum atomic E-state index is 5.56. The Labute approximate surface area is 299 Å². The van der Waals surface area contributed by atoms with Crippen molar-refractivity contribution in [2.24, 2.45) is 20.0 Å². The Morgan fingerprint density at radius 2 is 0.837 bits per heavy atom. The van der Waals surface area contributed by atoms with Crippen molar-refractivity contribution < 1.29 is 20.3 Å². The van der Waals surface area contributed by atoms with E-state index in [2.05, 4.69) is 133 Å². The maximum absolute atomic E-state index is 5.56. The van der Waals surface area contributed by atoms with Crippen molar-refractivity contribution in [3.05, 3.63) is 215 Å². The van der Waals surface area contributed by atoms with Gasteiger partial charge in [0.15, 0.2) is 0 Å². The minimum atomic E-state index is 0. The van der Waals surface area contributed by atoms with Gasteiger partial charge in [-0.05, 0) is 70.9 Å². The Morgan fingerprint density at radius 3 is 1.41 bits per heavy atom. The molecule has 4 nitrogen and oxygen atoms in total. The number of fused-ring (bicyclic) bond motifs is 4. The largest absolute Gasteiger partial charge is 1.00 e. The van der Waals surface area contributed by atoms with E-state index in [1.807, 2.05) is 36.4 Å². The van der Waals surface area contributed by atoms with Crippen molar-refractivity contribution >= 4 is 45.1 Å². The summed E-state index contributed by atoms with van der Waals surface area (Å²) >= 11 is 0. The molecule has 9 rings (SSSR count). The van der Waals surface area contributed by atoms with Crippen LogP contribution in [0.15, 0.2) is 213 Å². The molecule has 8 bridgehead atoms. The predicted molar refractivity (Wildman–Crippen MR) is 201 cm³/mol. The molecule has 5 heterocycles. The molecule has 0 aromatic heterocycles. The average molecular weight is 621 g/mol. The van der Waals surface area contributed by atoms with Crippen LogP contribution in [0.3, 0.4) is 0 Å². The number of rotatable bonds is 4. The van der Waals surface area contributed by atoms with E-state index >= 15 is 0 Å². The van der Waals surface area contributed by atoms with Crippen LogP contribution in [0.1, 0.15) is 23.7 Å². The monoisotopic (exact) mass is 620 g/mol. The van der Waals surface area contributed by atoms with E-state index in [1.54, 1.807) is 0 Å². The first-order chi connectivity index (χ1) is 23.8. The molecule has 0 aliphatic carbocycles. The molecule has 4 aromatic rings. The van der Waals surface area contributed by atoms with Crippen molar-refractivity contribution in [2.75, 3.05) is 0 Å². The van der Waals surface area contributed by atoms with Gasteiger partial charge in [0.2, 0.25) is 0 Å². The molecule has 0 amide bonds. The number of benzene rings is 4. The van der Waals surface area contributed by atoms with Gasteiger partial charge in [-0.1, -0.05) is 121 Å². The summed E-state index contributed by atoms with van der Waals surface area (Å²) in [5.74, 6) is 0. The number of hydrogen-bond donors (Lipinski definition) is 0. The van der Waals surface area contributed by atoms with Gasteiger partial charge in [0.05, 0.1) is 45.6 Å². The Balaban J connectivity index is 0.00000196. The molecule has 0 unspecified atom stereocenters. The van der Waals surface area contributed by atoms with E-state index < -0.39 is 0 Å². The number of aliphatic imine (C=N–C) groups is 4. The van der Waals surface area contributed by atoms with Crippen LogP contribution in [0.25, 0.3) is 22.3 Å². The first kappa shape index (κ1) is 30.4. The molecule has 5 aliphatic heterocycles. The van der Waals surface area contributed by atoms with Crippen molar-refractivity contribution in [1.29, 1.82) is 0 Å². The minimum absolute atomic E-state index is 0. The van der Waals surface area contributed by atoms with Crippen LogP contribution in [-0.4, -0.2) is 22.8 Å². The molecule has 5 aliphatic rings. The van der Waals surface area contributed by atoms with E-state index in [0.29, 0.717) is 0 Å². The molecule has 5 heteroatoms. The van der Waals surface area contributed by atoms with Crippen LogP contribution in [0, 0.1) is 0 Å². The summed E-state index contributed by atoms with van der Waals surface area (Å²) in [5.41, 5.74) is 15.3. The average Bonchev–Trinajstić information content (AvgIpc) is 3.94. The second-order valence-electron chi connectivity index (χ2n) is 11.9. The third-order valence-corrected chi connectivity index (χ3v) is 8.75. The Kier molecular flexibility index (Phi) is 8.03. The fourth-order valence-electron chi connectivity index (χ4n) is 6.63. The summed E-state index contributed by atoms with van der Waals surface area (Å²) in [4.78, 5) is 20.8. The van der Waals surface area contributed by atoms with Gasteiger partial charge in [-0.15, -0.1) is 0 Å². The normalized spacial score (nSPS) is 17.5. The zero-order chi connectivity index (χ0) is 31.9. The van der Waals surface area contributed by atoms with Crippen molar-refractivity contribution in [2.45, 2.75) is 0 Å². The first-order valence-electron chi connectivity index (χ1n) is 16.1. The predicted octanol–water partition coefficient (Wildman–Crippen LogP) is 6.80. The molecule has 4 aromatic carbocycles. The number of hydrogen-bond acceptors (Lipinski definition) is 4. The van der Waals surface area contributed by atoms with Gasteiger partial charge >= 0.3 is 18.9 Å². The van der Waals surface area contributed by atoms with Crippen LogP contribution >= 0.6 is 0 Å². The molecular formula is C44H29LiN4. The molecule has 0 atom stereocenters. The Morgan fingerprint density at radius 1 is 0.367 bits per heavy atom. The van der Waals surface area contributed by atoms with E-state index in [0.717, 1.165) is 90.2 Å². The second-order valence-corrected chi connectivity index (χ2v) is 11.9. The summed E-state index contributed by atoms with van der Waals surface area (Å²) in [6, 6.07) is 42.1.